The predicted octanol–water partition coefficient (Wildman–Crippen LogP) is 0.804. The lowest BCUT2D eigenvalue weighted by Gasteiger charge is -2.12. The van der Waals surface area contributed by atoms with E-state index in [0.29, 0.717) is 12.1 Å². The summed E-state index contributed by atoms with van der Waals surface area (Å²) in [6, 6.07) is 0.0278. The van der Waals surface area contributed by atoms with Gasteiger partial charge in [0.1, 0.15) is 9.84 Å². The molecule has 1 aromatic carbocycles. The lowest BCUT2D eigenvalue weighted by molar-refractivity contribution is -0.117. The molecular weight excluding hydrogens is 297 g/mol. The highest BCUT2D eigenvalue weighted by molar-refractivity contribution is 7.90. The number of carbonyl (C=O) groups is 1. The molecule has 20 heavy (non-hydrogen) atoms. The summed E-state index contributed by atoms with van der Waals surface area (Å²) in [6.45, 7) is 0. The largest absolute Gasteiger partial charge is 0.325 e. The smallest absolute Gasteiger partial charge is 0.241 e. The van der Waals surface area contributed by atoms with E-state index in [1.807, 2.05) is 0 Å². The van der Waals surface area contributed by atoms with Crippen LogP contribution < -0.4 is 11.1 Å². The molecule has 0 fully saturated rings. The van der Waals surface area contributed by atoms with Crippen LogP contribution in [-0.4, -0.2) is 32.4 Å². The summed E-state index contributed by atoms with van der Waals surface area (Å²) in [7, 11) is -3.27. The van der Waals surface area contributed by atoms with E-state index in [-0.39, 0.29) is 17.9 Å². The summed E-state index contributed by atoms with van der Waals surface area (Å²) < 4.78 is 60.4. The second kappa shape index (κ2) is 6.23. The van der Waals surface area contributed by atoms with Crippen LogP contribution in [0.3, 0.4) is 0 Å². The quantitative estimate of drug-likeness (QED) is 0.787. The Bertz CT molecular complexity index is 596. The number of hydrogen-bond acceptors (Lipinski definition) is 4. The molecule has 0 aliphatic heterocycles. The lowest BCUT2D eigenvalue weighted by atomic mass is 10.2. The molecule has 0 aliphatic carbocycles. The molecule has 1 atom stereocenters. The van der Waals surface area contributed by atoms with E-state index in [1.54, 1.807) is 0 Å². The van der Waals surface area contributed by atoms with E-state index in [9.17, 15) is 26.4 Å². The van der Waals surface area contributed by atoms with Gasteiger partial charge >= 0.3 is 0 Å². The topological polar surface area (TPSA) is 89.3 Å². The van der Waals surface area contributed by atoms with Crippen LogP contribution in [0, 0.1) is 17.5 Å². The van der Waals surface area contributed by atoms with Crippen molar-refractivity contribution in [2.75, 3.05) is 17.3 Å². The molecule has 9 heteroatoms. The van der Waals surface area contributed by atoms with E-state index in [4.69, 9.17) is 5.73 Å². The summed E-state index contributed by atoms with van der Waals surface area (Å²) in [4.78, 5) is 11.6. The van der Waals surface area contributed by atoms with Gasteiger partial charge in [-0.05, 0) is 6.42 Å². The monoisotopic (exact) mass is 310 g/mol. The number of rotatable bonds is 5. The van der Waals surface area contributed by atoms with Crippen LogP contribution in [0.5, 0.6) is 0 Å². The molecule has 1 unspecified atom stereocenters. The Kier molecular flexibility index (Phi) is 5.12. The van der Waals surface area contributed by atoms with Gasteiger partial charge in [0.05, 0.1) is 11.8 Å². The highest BCUT2D eigenvalue weighted by Gasteiger charge is 2.18. The standard InChI is InChI=1S/C11H13F3N2O3S/c1-20(18,19)3-2-9(15)11(17)16-6-4-7(12)10(14)8(13)5-6/h4-5,9H,2-3,15H2,1H3,(H,16,17). The van der Waals surface area contributed by atoms with Crippen molar-refractivity contribution in [1.29, 1.82) is 0 Å². The third-order valence-corrected chi connectivity index (χ3v) is 3.37. The van der Waals surface area contributed by atoms with Gasteiger partial charge in [0, 0.05) is 24.1 Å². The molecule has 0 heterocycles. The van der Waals surface area contributed by atoms with E-state index in [0.717, 1.165) is 6.26 Å². The molecule has 0 bridgehead atoms. The number of benzene rings is 1. The number of sulfone groups is 1. The zero-order valence-electron chi connectivity index (χ0n) is 10.5. The molecule has 112 valence electrons. The van der Waals surface area contributed by atoms with Crippen molar-refractivity contribution in [2.45, 2.75) is 12.5 Å². The van der Waals surface area contributed by atoms with Gasteiger partial charge in [0.15, 0.2) is 17.5 Å². The number of nitrogens with two attached hydrogens (primary N) is 1. The van der Waals surface area contributed by atoms with Crippen LogP contribution in [0.15, 0.2) is 12.1 Å². The molecule has 0 radical (unpaired) electrons. The number of carbonyl (C=O) groups excluding carboxylic acids is 1. The highest BCUT2D eigenvalue weighted by atomic mass is 32.2. The number of anilines is 1. The molecule has 1 aromatic rings. The predicted molar refractivity (Wildman–Crippen MR) is 67.2 cm³/mol. The van der Waals surface area contributed by atoms with E-state index in [2.05, 4.69) is 5.32 Å². The summed E-state index contributed by atoms with van der Waals surface area (Å²) >= 11 is 0. The first-order chi connectivity index (χ1) is 9.10. The Morgan fingerprint density at radius 3 is 2.25 bits per heavy atom. The summed E-state index contributed by atoms with van der Waals surface area (Å²) in [5.41, 5.74) is 5.14. The number of halogens is 3. The normalized spacial score (nSPS) is 13.1. The second-order valence-corrected chi connectivity index (χ2v) is 6.53. The molecule has 0 saturated carbocycles. The third kappa shape index (κ3) is 4.82. The molecule has 1 amide bonds. The Morgan fingerprint density at radius 1 is 1.30 bits per heavy atom. The van der Waals surface area contributed by atoms with Crippen LogP contribution in [-0.2, 0) is 14.6 Å². The van der Waals surface area contributed by atoms with E-state index in [1.165, 1.54) is 0 Å². The molecule has 0 aliphatic rings. The van der Waals surface area contributed by atoms with Gasteiger partial charge in [-0.1, -0.05) is 0 Å². The molecule has 5 nitrogen and oxygen atoms in total. The molecule has 0 aromatic heterocycles. The highest BCUT2D eigenvalue weighted by Crippen LogP contribution is 2.17. The number of amides is 1. The van der Waals surface area contributed by atoms with Crippen molar-refractivity contribution in [3.05, 3.63) is 29.6 Å². The van der Waals surface area contributed by atoms with Crippen molar-refractivity contribution < 1.29 is 26.4 Å². The first-order valence-electron chi connectivity index (χ1n) is 5.49. The minimum atomic E-state index is -3.27. The van der Waals surface area contributed by atoms with Crippen molar-refractivity contribution >= 4 is 21.4 Å². The van der Waals surface area contributed by atoms with Crippen molar-refractivity contribution in [1.82, 2.24) is 0 Å². The molecule has 0 saturated heterocycles. The van der Waals surface area contributed by atoms with Crippen molar-refractivity contribution in [2.24, 2.45) is 5.73 Å². The zero-order chi connectivity index (χ0) is 15.5. The summed E-state index contributed by atoms with van der Waals surface area (Å²) in [6.07, 6.45) is 0.846. The minimum absolute atomic E-state index is 0.142. The molecule has 1 rings (SSSR count). The van der Waals surface area contributed by atoms with Gasteiger partial charge < -0.3 is 11.1 Å². The summed E-state index contributed by atoms with van der Waals surface area (Å²) in [5, 5.41) is 2.08. The molecule has 0 spiro atoms. The van der Waals surface area contributed by atoms with Crippen LogP contribution in [0.25, 0.3) is 0 Å². The van der Waals surface area contributed by atoms with Crippen molar-refractivity contribution in [3.63, 3.8) is 0 Å². The zero-order valence-corrected chi connectivity index (χ0v) is 11.3. The van der Waals surface area contributed by atoms with Gasteiger partial charge in [0.2, 0.25) is 5.91 Å². The van der Waals surface area contributed by atoms with Crippen LogP contribution in [0.2, 0.25) is 0 Å². The summed E-state index contributed by atoms with van der Waals surface area (Å²) in [5.74, 6) is -5.67. The van der Waals surface area contributed by atoms with Crippen LogP contribution in [0.1, 0.15) is 6.42 Å². The van der Waals surface area contributed by atoms with Gasteiger partial charge in [-0.2, -0.15) is 0 Å². The second-order valence-electron chi connectivity index (χ2n) is 4.27. The average Bonchev–Trinajstić information content (AvgIpc) is 2.31. The number of hydrogen-bond donors (Lipinski definition) is 2. The maximum absolute atomic E-state index is 12.9. The molecule has 3 N–H and O–H groups in total. The van der Waals surface area contributed by atoms with Crippen LogP contribution in [0.4, 0.5) is 18.9 Å². The minimum Gasteiger partial charge on any atom is -0.325 e. The van der Waals surface area contributed by atoms with Gasteiger partial charge in [-0.15, -0.1) is 0 Å². The maximum Gasteiger partial charge on any atom is 0.241 e. The van der Waals surface area contributed by atoms with Crippen molar-refractivity contribution in [3.8, 4) is 0 Å². The van der Waals surface area contributed by atoms with E-state index < -0.39 is 39.2 Å². The fraction of sp³-hybridized carbons (Fsp3) is 0.364. The Morgan fingerprint density at radius 2 is 1.80 bits per heavy atom. The Hall–Kier alpha value is -1.61. The van der Waals surface area contributed by atoms with Gasteiger partial charge in [-0.3, -0.25) is 4.79 Å². The average molecular weight is 310 g/mol. The fourth-order valence-corrected chi connectivity index (χ4v) is 2.02. The van der Waals surface area contributed by atoms with Gasteiger partial charge in [-0.25, -0.2) is 21.6 Å². The third-order valence-electron chi connectivity index (χ3n) is 2.39. The first-order valence-corrected chi connectivity index (χ1v) is 7.55. The van der Waals surface area contributed by atoms with Gasteiger partial charge in [0.25, 0.3) is 0 Å². The SMILES string of the molecule is CS(=O)(=O)CCC(N)C(=O)Nc1cc(F)c(F)c(F)c1. The first kappa shape index (κ1) is 16.4. The maximum atomic E-state index is 12.9. The number of nitrogens with one attached hydrogen (secondary N) is 1. The molecular formula is C11H13F3N2O3S. The van der Waals surface area contributed by atoms with Crippen LogP contribution >= 0.6 is 0 Å². The fourth-order valence-electron chi connectivity index (χ4n) is 1.33. The van der Waals surface area contributed by atoms with E-state index >= 15 is 0 Å². The Balaban J connectivity index is 2.71. The Labute approximate surface area is 113 Å². The lowest BCUT2D eigenvalue weighted by Crippen LogP contribution is -2.37.